The van der Waals surface area contributed by atoms with Gasteiger partial charge >= 0.3 is 0 Å². The van der Waals surface area contributed by atoms with Gasteiger partial charge in [0.1, 0.15) is 0 Å². The Hall–Kier alpha value is -1.56. The molecule has 1 aromatic carbocycles. The number of likely N-dealkylation sites (N-methyl/N-ethyl adjacent to an activating group) is 1. The third-order valence-electron chi connectivity index (χ3n) is 2.49. The van der Waals surface area contributed by atoms with Crippen LogP contribution in [-0.2, 0) is 11.2 Å². The smallest absolute Gasteiger partial charge is 0.226 e. The first-order valence-corrected chi connectivity index (χ1v) is 5.77. The number of rotatable bonds is 5. The first-order chi connectivity index (χ1) is 8.41. The molecule has 3 nitrogen and oxygen atoms in total. The summed E-state index contributed by atoms with van der Waals surface area (Å²) < 4.78 is 26.3. The first kappa shape index (κ1) is 14.5. The predicted octanol–water partition coefficient (Wildman–Crippen LogP) is 1.64. The van der Waals surface area contributed by atoms with E-state index in [1.165, 1.54) is 17.0 Å². The third kappa shape index (κ3) is 4.03. The molecule has 0 bridgehead atoms. The molecule has 0 aliphatic rings. The van der Waals surface area contributed by atoms with Crippen LogP contribution in [0.3, 0.4) is 0 Å². The summed E-state index contributed by atoms with van der Waals surface area (Å²) >= 11 is 4.70. The van der Waals surface area contributed by atoms with Crippen LogP contribution in [0.2, 0.25) is 0 Å². The maximum Gasteiger partial charge on any atom is 0.226 e. The van der Waals surface area contributed by atoms with Crippen molar-refractivity contribution in [1.82, 2.24) is 4.90 Å². The van der Waals surface area contributed by atoms with Gasteiger partial charge in [0.25, 0.3) is 0 Å². The van der Waals surface area contributed by atoms with E-state index in [2.05, 4.69) is 0 Å². The van der Waals surface area contributed by atoms with Crippen molar-refractivity contribution in [2.75, 3.05) is 13.6 Å². The Balaban J connectivity index is 2.64. The fourth-order valence-corrected chi connectivity index (χ4v) is 1.48. The summed E-state index contributed by atoms with van der Waals surface area (Å²) in [6.07, 6.45) is 0.223. The highest BCUT2D eigenvalue weighted by Gasteiger charge is 2.14. The van der Waals surface area contributed by atoms with Crippen LogP contribution in [0.1, 0.15) is 12.0 Å². The lowest BCUT2D eigenvalue weighted by Gasteiger charge is -2.16. The lowest BCUT2D eigenvalue weighted by Crippen LogP contribution is -2.31. The average Bonchev–Trinajstić information content (AvgIpc) is 2.31. The SMILES string of the molecule is CN(CCC(N)=S)C(=O)Cc1cccc(F)c1F. The number of hydrogen-bond donors (Lipinski definition) is 1. The van der Waals surface area contributed by atoms with Gasteiger partial charge < -0.3 is 10.6 Å². The zero-order valence-electron chi connectivity index (χ0n) is 9.95. The Labute approximate surface area is 110 Å². The van der Waals surface area contributed by atoms with Gasteiger partial charge in [0.15, 0.2) is 11.6 Å². The van der Waals surface area contributed by atoms with Gasteiger partial charge in [-0.25, -0.2) is 8.78 Å². The van der Waals surface area contributed by atoms with Gasteiger partial charge in [0, 0.05) is 25.6 Å². The highest BCUT2D eigenvalue weighted by molar-refractivity contribution is 7.80. The molecule has 0 heterocycles. The van der Waals surface area contributed by atoms with E-state index in [9.17, 15) is 13.6 Å². The molecule has 0 aliphatic heterocycles. The number of carbonyl (C=O) groups is 1. The maximum atomic E-state index is 13.4. The molecule has 0 radical (unpaired) electrons. The summed E-state index contributed by atoms with van der Waals surface area (Å²) in [6, 6.07) is 3.77. The van der Waals surface area contributed by atoms with Crippen LogP contribution in [0.5, 0.6) is 0 Å². The summed E-state index contributed by atoms with van der Waals surface area (Å²) in [7, 11) is 1.57. The summed E-state index contributed by atoms with van der Waals surface area (Å²) in [5, 5.41) is 0. The van der Waals surface area contributed by atoms with Crippen molar-refractivity contribution in [2.24, 2.45) is 5.73 Å². The lowest BCUT2D eigenvalue weighted by atomic mass is 10.1. The van der Waals surface area contributed by atoms with Crippen LogP contribution < -0.4 is 5.73 Å². The zero-order chi connectivity index (χ0) is 13.7. The van der Waals surface area contributed by atoms with Crippen molar-refractivity contribution in [3.8, 4) is 0 Å². The van der Waals surface area contributed by atoms with E-state index in [1.807, 2.05) is 0 Å². The number of hydrogen-bond acceptors (Lipinski definition) is 2. The van der Waals surface area contributed by atoms with Gasteiger partial charge in [-0.05, 0) is 6.07 Å². The van der Waals surface area contributed by atoms with E-state index in [1.54, 1.807) is 7.05 Å². The molecule has 0 atom stereocenters. The number of benzene rings is 1. The summed E-state index contributed by atoms with van der Waals surface area (Å²) in [4.78, 5) is 13.4. The molecule has 18 heavy (non-hydrogen) atoms. The van der Waals surface area contributed by atoms with Crippen LogP contribution in [0, 0.1) is 11.6 Å². The zero-order valence-corrected chi connectivity index (χ0v) is 10.8. The number of amides is 1. The van der Waals surface area contributed by atoms with Crippen LogP contribution in [0.4, 0.5) is 8.78 Å². The molecule has 98 valence electrons. The van der Waals surface area contributed by atoms with Gasteiger partial charge in [-0.15, -0.1) is 0 Å². The van der Waals surface area contributed by atoms with Crippen molar-refractivity contribution in [1.29, 1.82) is 0 Å². The van der Waals surface area contributed by atoms with Crippen LogP contribution in [0.25, 0.3) is 0 Å². The molecule has 0 spiro atoms. The standard InChI is InChI=1S/C12H14F2N2OS/c1-16(6-5-10(15)18)11(17)7-8-3-2-4-9(13)12(8)14/h2-4H,5-7H2,1H3,(H2,15,18). The molecule has 1 rings (SSSR count). The van der Waals surface area contributed by atoms with Crippen LogP contribution in [-0.4, -0.2) is 29.4 Å². The number of nitrogens with zero attached hydrogens (tertiary/aromatic N) is 1. The molecule has 0 aliphatic carbocycles. The Morgan fingerprint density at radius 2 is 2.11 bits per heavy atom. The summed E-state index contributed by atoms with van der Waals surface area (Å²) in [5.74, 6) is -2.24. The normalized spacial score (nSPS) is 10.2. The number of nitrogens with two attached hydrogens (primary N) is 1. The predicted molar refractivity (Wildman–Crippen MR) is 69.1 cm³/mol. The van der Waals surface area contributed by atoms with Gasteiger partial charge in [-0.2, -0.15) is 0 Å². The molecule has 0 saturated carbocycles. The van der Waals surface area contributed by atoms with E-state index < -0.39 is 11.6 Å². The van der Waals surface area contributed by atoms with E-state index in [0.29, 0.717) is 18.0 Å². The Morgan fingerprint density at radius 1 is 1.44 bits per heavy atom. The first-order valence-electron chi connectivity index (χ1n) is 5.37. The monoisotopic (exact) mass is 272 g/mol. The molecule has 0 saturated heterocycles. The second-order valence-corrected chi connectivity index (χ2v) is 4.45. The van der Waals surface area contributed by atoms with Gasteiger partial charge in [-0.1, -0.05) is 24.4 Å². The highest BCUT2D eigenvalue weighted by atomic mass is 32.1. The van der Waals surface area contributed by atoms with Crippen molar-refractivity contribution < 1.29 is 13.6 Å². The largest absolute Gasteiger partial charge is 0.393 e. The van der Waals surface area contributed by atoms with Crippen molar-refractivity contribution in [3.05, 3.63) is 35.4 Å². The molecular weight excluding hydrogens is 258 g/mol. The molecule has 2 N–H and O–H groups in total. The Bertz CT molecular complexity index is 465. The van der Waals surface area contributed by atoms with E-state index >= 15 is 0 Å². The summed E-state index contributed by atoms with van der Waals surface area (Å²) in [6.45, 7) is 0.366. The van der Waals surface area contributed by atoms with Crippen molar-refractivity contribution in [3.63, 3.8) is 0 Å². The molecule has 0 aromatic heterocycles. The maximum absolute atomic E-state index is 13.4. The van der Waals surface area contributed by atoms with Gasteiger partial charge in [0.05, 0.1) is 11.4 Å². The Kier molecular flexibility index (Phi) is 5.15. The minimum absolute atomic E-state index is 0.0437. The molecule has 0 fully saturated rings. The van der Waals surface area contributed by atoms with Gasteiger partial charge in [0.2, 0.25) is 5.91 Å². The fourth-order valence-electron chi connectivity index (χ4n) is 1.39. The van der Waals surface area contributed by atoms with E-state index in [4.69, 9.17) is 18.0 Å². The summed E-state index contributed by atoms with van der Waals surface area (Å²) in [5.41, 5.74) is 5.37. The molecule has 1 aromatic rings. The quantitative estimate of drug-likeness (QED) is 0.829. The topological polar surface area (TPSA) is 46.3 Å². The molecule has 1 amide bonds. The second kappa shape index (κ2) is 6.39. The number of halogens is 2. The Morgan fingerprint density at radius 3 is 2.72 bits per heavy atom. The number of carbonyl (C=O) groups excluding carboxylic acids is 1. The second-order valence-electron chi connectivity index (χ2n) is 3.92. The molecular formula is C12H14F2N2OS. The highest BCUT2D eigenvalue weighted by Crippen LogP contribution is 2.12. The molecule has 0 unspecified atom stereocenters. The van der Waals surface area contributed by atoms with Crippen molar-refractivity contribution in [2.45, 2.75) is 12.8 Å². The molecule has 6 heteroatoms. The van der Waals surface area contributed by atoms with Crippen LogP contribution >= 0.6 is 12.2 Å². The lowest BCUT2D eigenvalue weighted by molar-refractivity contribution is -0.129. The minimum atomic E-state index is -0.978. The minimum Gasteiger partial charge on any atom is -0.393 e. The van der Waals surface area contributed by atoms with Crippen LogP contribution in [0.15, 0.2) is 18.2 Å². The third-order valence-corrected chi connectivity index (χ3v) is 2.70. The van der Waals surface area contributed by atoms with E-state index in [0.717, 1.165) is 6.07 Å². The van der Waals surface area contributed by atoms with E-state index in [-0.39, 0.29) is 17.9 Å². The average molecular weight is 272 g/mol. The van der Waals surface area contributed by atoms with Gasteiger partial charge in [-0.3, -0.25) is 4.79 Å². The van der Waals surface area contributed by atoms with Crippen molar-refractivity contribution >= 4 is 23.1 Å². The fraction of sp³-hybridized carbons (Fsp3) is 0.333. The number of thiocarbonyl (C=S) groups is 1.